The van der Waals surface area contributed by atoms with Crippen molar-refractivity contribution in [3.05, 3.63) is 71.3 Å². The van der Waals surface area contributed by atoms with Gasteiger partial charge in [-0.3, -0.25) is 0 Å². The molecule has 0 radical (unpaired) electrons. The molecule has 1 aliphatic heterocycles. The molecule has 1 saturated heterocycles. The Kier molecular flexibility index (Phi) is 8.82. The topological polar surface area (TPSA) is 226 Å². The molecule has 0 aliphatic carbocycles. The number of rotatable bonds is 10. The first-order chi connectivity index (χ1) is 21.3. The number of aliphatic hydroxyl groups is 4. The van der Waals surface area contributed by atoms with E-state index in [1.807, 2.05) is 37.3 Å². The zero-order valence-electron chi connectivity index (χ0n) is 24.7. The molecule has 4 aromatic rings. The second kappa shape index (κ2) is 12.5. The molecule has 15 nitrogen and oxygen atoms in total. The van der Waals surface area contributed by atoms with E-state index in [1.54, 1.807) is 22.8 Å². The molecule has 238 valence electrons. The van der Waals surface area contributed by atoms with Crippen LogP contribution in [-0.4, -0.2) is 96.8 Å². The van der Waals surface area contributed by atoms with E-state index in [1.165, 1.54) is 13.8 Å². The zero-order valence-corrected chi connectivity index (χ0v) is 24.7. The van der Waals surface area contributed by atoms with Crippen LogP contribution in [0.5, 0.6) is 0 Å². The van der Waals surface area contributed by atoms with Crippen LogP contribution in [0.4, 0.5) is 0 Å². The van der Waals surface area contributed by atoms with Crippen molar-refractivity contribution < 1.29 is 45.0 Å². The summed E-state index contributed by atoms with van der Waals surface area (Å²) in [5, 5.41) is 72.8. The van der Waals surface area contributed by atoms with E-state index in [2.05, 4.69) is 20.5 Å². The predicted octanol–water partition coefficient (Wildman–Crippen LogP) is 1.19. The summed E-state index contributed by atoms with van der Waals surface area (Å²) < 4.78 is 8.11. The molecule has 0 amide bonds. The lowest BCUT2D eigenvalue weighted by atomic mass is 9.96. The number of aryl methyl sites for hydroxylation is 1. The van der Waals surface area contributed by atoms with E-state index < -0.39 is 48.2 Å². The third-order valence-corrected chi connectivity index (χ3v) is 7.64. The van der Waals surface area contributed by atoms with Crippen molar-refractivity contribution in [2.75, 3.05) is 0 Å². The number of ether oxygens (including phenoxy) is 1. The molecule has 3 heterocycles. The van der Waals surface area contributed by atoms with E-state index in [-0.39, 0.29) is 23.8 Å². The number of carbonyl (C=O) groups is 2. The van der Waals surface area contributed by atoms with E-state index in [0.29, 0.717) is 23.4 Å². The molecule has 0 spiro atoms. The number of benzene rings is 2. The van der Waals surface area contributed by atoms with Crippen LogP contribution in [0.15, 0.2) is 48.5 Å². The molecule has 5 atom stereocenters. The molecular formula is C30H34N6O9. The van der Waals surface area contributed by atoms with Gasteiger partial charge < -0.3 is 39.9 Å². The Balaban J connectivity index is 1.49. The Morgan fingerprint density at radius 1 is 0.956 bits per heavy atom. The van der Waals surface area contributed by atoms with Crippen LogP contribution >= 0.6 is 0 Å². The van der Waals surface area contributed by atoms with E-state index in [4.69, 9.17) is 4.74 Å². The molecule has 6 N–H and O–H groups in total. The first-order valence-corrected chi connectivity index (χ1v) is 14.3. The number of carboxylic acids is 2. The average molecular weight is 623 g/mol. The summed E-state index contributed by atoms with van der Waals surface area (Å²) in [5.41, 5.74) is 1.28. The normalized spacial score (nSPS) is 22.0. The maximum atomic E-state index is 12.3. The number of hydrogen-bond acceptors (Lipinski definition) is 11. The van der Waals surface area contributed by atoms with Crippen molar-refractivity contribution in [2.45, 2.75) is 76.4 Å². The van der Waals surface area contributed by atoms with Gasteiger partial charge in [0.05, 0.1) is 0 Å². The number of carboxylic acid groups (broad SMARTS) is 2. The van der Waals surface area contributed by atoms with Crippen LogP contribution in [0.3, 0.4) is 0 Å². The van der Waals surface area contributed by atoms with Gasteiger partial charge in [0.1, 0.15) is 35.4 Å². The van der Waals surface area contributed by atoms with Gasteiger partial charge in [-0.2, -0.15) is 4.68 Å². The summed E-state index contributed by atoms with van der Waals surface area (Å²) in [5.74, 6) is -2.05. The fourth-order valence-corrected chi connectivity index (χ4v) is 5.44. The number of aliphatic hydroxyl groups excluding tert-OH is 3. The summed E-state index contributed by atoms with van der Waals surface area (Å²) in [6.07, 6.45) is -7.53. The van der Waals surface area contributed by atoms with Crippen LogP contribution in [-0.2, 0) is 28.1 Å². The van der Waals surface area contributed by atoms with Crippen molar-refractivity contribution in [1.82, 2.24) is 29.8 Å². The lowest BCUT2D eigenvalue weighted by Crippen LogP contribution is -2.58. The maximum Gasteiger partial charge on any atom is 0.354 e. The van der Waals surface area contributed by atoms with Crippen LogP contribution in [0, 0.1) is 0 Å². The lowest BCUT2D eigenvalue weighted by Gasteiger charge is -2.38. The fourth-order valence-electron chi connectivity index (χ4n) is 5.44. The standard InChI is InChI=1S/C30H34N6O9/c1-4-7-19-31-25(30(2,3)44)20(28(40)41)35(19)14-15-10-12-16(13-11-15)17-8-5-6-9-18(17)26-32-33-34-36(26)27-23(39)21(37)22(38)24(45-27)29(42)43/h5-6,8-13,21-24,27,37-39,44H,4,7,14H2,1-3H3,(H,40,41)(H,42,43)/t21-,22-,23+,24-,27+/m0/s1. The molecule has 5 rings (SSSR count). The van der Waals surface area contributed by atoms with Gasteiger partial charge in [-0.1, -0.05) is 55.5 Å². The van der Waals surface area contributed by atoms with Gasteiger partial charge in [0.2, 0.25) is 0 Å². The molecule has 45 heavy (non-hydrogen) atoms. The number of aromatic carboxylic acids is 1. The third-order valence-electron chi connectivity index (χ3n) is 7.64. The largest absolute Gasteiger partial charge is 0.479 e. The Hall–Kier alpha value is -4.54. The SMILES string of the molecule is CCCc1nc(C(C)(C)O)c(C(=O)O)n1Cc1ccc(-c2ccccc2-c2nnnn2[C@@H]2O[C@H](C(=O)O)[C@@H](O)[C@H](O)[C@H]2O)cc1. The zero-order chi connectivity index (χ0) is 32.6. The number of nitrogens with zero attached hydrogens (tertiary/aromatic N) is 6. The minimum atomic E-state index is -1.87. The van der Waals surface area contributed by atoms with Crippen molar-refractivity contribution in [3.63, 3.8) is 0 Å². The predicted molar refractivity (Wildman–Crippen MR) is 156 cm³/mol. The van der Waals surface area contributed by atoms with Crippen LogP contribution in [0.1, 0.15) is 61.0 Å². The van der Waals surface area contributed by atoms with Gasteiger partial charge in [-0.15, -0.1) is 5.10 Å². The van der Waals surface area contributed by atoms with Gasteiger partial charge in [0.15, 0.2) is 23.9 Å². The molecule has 2 aromatic carbocycles. The van der Waals surface area contributed by atoms with Crippen LogP contribution in [0.25, 0.3) is 22.5 Å². The number of imidazole rings is 1. The second-order valence-corrected chi connectivity index (χ2v) is 11.4. The minimum absolute atomic E-state index is 0.0675. The molecule has 1 fully saturated rings. The molecule has 0 bridgehead atoms. The van der Waals surface area contributed by atoms with E-state index >= 15 is 0 Å². The summed E-state index contributed by atoms with van der Waals surface area (Å²) in [4.78, 5) is 28.4. The number of aliphatic carboxylic acids is 1. The quantitative estimate of drug-likeness (QED) is 0.146. The highest BCUT2D eigenvalue weighted by Gasteiger charge is 2.48. The van der Waals surface area contributed by atoms with Crippen molar-refractivity contribution >= 4 is 11.9 Å². The van der Waals surface area contributed by atoms with E-state index in [0.717, 1.165) is 22.2 Å². The van der Waals surface area contributed by atoms with Crippen molar-refractivity contribution in [3.8, 4) is 22.5 Å². The summed E-state index contributed by atoms with van der Waals surface area (Å²) in [6.45, 7) is 5.17. The van der Waals surface area contributed by atoms with Gasteiger partial charge in [0.25, 0.3) is 0 Å². The monoisotopic (exact) mass is 622 g/mol. The number of tetrazole rings is 1. The molecule has 1 aliphatic rings. The lowest BCUT2D eigenvalue weighted by molar-refractivity contribution is -0.249. The van der Waals surface area contributed by atoms with Gasteiger partial charge in [-0.05, 0) is 47.4 Å². The van der Waals surface area contributed by atoms with Crippen molar-refractivity contribution in [2.24, 2.45) is 0 Å². The number of aromatic nitrogens is 6. The highest BCUT2D eigenvalue weighted by Crippen LogP contribution is 2.35. The Labute approximate surface area is 257 Å². The van der Waals surface area contributed by atoms with Crippen molar-refractivity contribution in [1.29, 1.82) is 0 Å². The maximum absolute atomic E-state index is 12.3. The van der Waals surface area contributed by atoms with E-state index in [9.17, 15) is 40.2 Å². The fraction of sp³-hybridized carbons (Fsp3) is 0.400. The van der Waals surface area contributed by atoms with Crippen LogP contribution < -0.4 is 0 Å². The number of hydrogen-bond donors (Lipinski definition) is 6. The summed E-state index contributed by atoms with van der Waals surface area (Å²) >= 11 is 0. The first-order valence-electron chi connectivity index (χ1n) is 14.3. The summed E-state index contributed by atoms with van der Waals surface area (Å²) in [6, 6.07) is 14.4. The minimum Gasteiger partial charge on any atom is -0.479 e. The van der Waals surface area contributed by atoms with Crippen LogP contribution in [0.2, 0.25) is 0 Å². The van der Waals surface area contributed by atoms with Gasteiger partial charge in [-0.25, -0.2) is 14.6 Å². The average Bonchev–Trinajstić information content (AvgIpc) is 3.62. The molecule has 2 aromatic heterocycles. The Morgan fingerprint density at radius 3 is 2.22 bits per heavy atom. The Morgan fingerprint density at radius 2 is 1.62 bits per heavy atom. The Bertz CT molecular complexity index is 1690. The molecule has 0 saturated carbocycles. The third kappa shape index (κ3) is 6.08. The highest BCUT2D eigenvalue weighted by atomic mass is 16.6. The molecule has 15 heteroatoms. The van der Waals surface area contributed by atoms with Gasteiger partial charge >= 0.3 is 11.9 Å². The van der Waals surface area contributed by atoms with Gasteiger partial charge in [0, 0.05) is 18.5 Å². The smallest absolute Gasteiger partial charge is 0.354 e. The summed E-state index contributed by atoms with van der Waals surface area (Å²) in [7, 11) is 0. The first kappa shape index (κ1) is 31.9. The highest BCUT2D eigenvalue weighted by molar-refractivity contribution is 5.87. The second-order valence-electron chi connectivity index (χ2n) is 11.4. The molecular weight excluding hydrogens is 588 g/mol. The molecule has 0 unspecified atom stereocenters.